The van der Waals surface area contributed by atoms with E-state index in [1.807, 2.05) is 55.5 Å². The summed E-state index contributed by atoms with van der Waals surface area (Å²) >= 11 is 0. The number of halogens is 1. The minimum absolute atomic E-state index is 0.0306. The largest absolute Gasteiger partial charge is 0.383 e. The molecule has 32 heavy (non-hydrogen) atoms. The zero-order chi connectivity index (χ0) is 22.9. The zero-order valence-corrected chi connectivity index (χ0v) is 18.4. The first-order chi connectivity index (χ1) is 15.5. The first kappa shape index (κ1) is 23.3. The maximum atomic E-state index is 12.9. The van der Waals surface area contributed by atoms with E-state index in [9.17, 15) is 14.0 Å². The van der Waals surface area contributed by atoms with Crippen LogP contribution in [0.1, 0.15) is 35.7 Å². The minimum Gasteiger partial charge on any atom is -0.383 e. The van der Waals surface area contributed by atoms with Gasteiger partial charge in [-0.05, 0) is 41.3 Å². The van der Waals surface area contributed by atoms with Gasteiger partial charge >= 0.3 is 0 Å². The average molecular weight is 435 g/mol. The fraction of sp³-hybridized carbons (Fsp3) is 0.269. The van der Waals surface area contributed by atoms with Crippen LogP contribution >= 0.6 is 0 Å². The molecule has 0 atom stereocenters. The van der Waals surface area contributed by atoms with Gasteiger partial charge in [-0.25, -0.2) is 4.98 Å². The summed E-state index contributed by atoms with van der Waals surface area (Å²) < 4.78 is 18.0. The number of pyridine rings is 1. The number of aryl methyl sites for hydroxylation is 1. The maximum Gasteiger partial charge on any atom is 0.226 e. The molecule has 166 valence electrons. The van der Waals surface area contributed by atoms with E-state index in [0.29, 0.717) is 38.0 Å². The van der Waals surface area contributed by atoms with E-state index in [1.165, 1.54) is 12.3 Å². The Labute approximate surface area is 187 Å². The summed E-state index contributed by atoms with van der Waals surface area (Å²) in [7, 11) is 1.62. The van der Waals surface area contributed by atoms with E-state index in [0.717, 1.165) is 22.4 Å². The van der Waals surface area contributed by atoms with Gasteiger partial charge in [0.25, 0.3) is 0 Å². The van der Waals surface area contributed by atoms with E-state index < -0.39 is 5.95 Å². The van der Waals surface area contributed by atoms with Crippen molar-refractivity contribution in [2.75, 3.05) is 25.2 Å². The second kappa shape index (κ2) is 11.3. The summed E-state index contributed by atoms with van der Waals surface area (Å²) in [5.74, 6) is -0.444. The van der Waals surface area contributed by atoms with Crippen molar-refractivity contribution < 1.29 is 18.7 Å². The monoisotopic (exact) mass is 434 g/mol. The van der Waals surface area contributed by atoms with E-state index in [4.69, 9.17) is 4.74 Å². The van der Waals surface area contributed by atoms with Crippen LogP contribution < -0.4 is 4.90 Å². The van der Waals surface area contributed by atoms with Crippen LogP contribution in [-0.4, -0.2) is 36.9 Å². The topological polar surface area (TPSA) is 59.5 Å². The number of carbonyl (C=O) groups excluding carboxylic acids is 2. The Morgan fingerprint density at radius 3 is 2.19 bits per heavy atom. The number of rotatable bonds is 10. The number of methoxy groups -OCH3 is 1. The predicted octanol–water partition coefficient (Wildman–Crippen LogP) is 5.09. The number of hydrogen-bond donors (Lipinski definition) is 0. The van der Waals surface area contributed by atoms with Crippen molar-refractivity contribution >= 4 is 17.4 Å². The van der Waals surface area contributed by atoms with Crippen molar-refractivity contribution in [3.05, 3.63) is 83.9 Å². The van der Waals surface area contributed by atoms with Gasteiger partial charge in [0.1, 0.15) is 0 Å². The number of anilines is 1. The lowest BCUT2D eigenvalue weighted by Gasteiger charge is -2.22. The van der Waals surface area contributed by atoms with E-state index in [-0.39, 0.29) is 11.7 Å². The molecule has 0 spiro atoms. The molecular weight excluding hydrogens is 407 g/mol. The molecule has 0 unspecified atom stereocenters. The quantitative estimate of drug-likeness (QED) is 0.329. The molecular formula is C26H27FN2O3. The third-order valence-electron chi connectivity index (χ3n) is 5.27. The van der Waals surface area contributed by atoms with Crippen LogP contribution in [0, 0.1) is 5.95 Å². The number of hydrogen-bond acceptors (Lipinski definition) is 4. The molecule has 0 radical (unpaired) electrons. The number of nitrogens with zero attached hydrogens (tertiary/aromatic N) is 2. The van der Waals surface area contributed by atoms with Crippen molar-refractivity contribution in [2.24, 2.45) is 0 Å². The number of amides is 1. The minimum atomic E-state index is -0.525. The van der Waals surface area contributed by atoms with Crippen LogP contribution in [0.4, 0.5) is 10.1 Å². The summed E-state index contributed by atoms with van der Waals surface area (Å²) in [5, 5.41) is 0. The molecule has 0 bridgehead atoms. The Morgan fingerprint density at radius 2 is 1.62 bits per heavy atom. The third kappa shape index (κ3) is 6.08. The van der Waals surface area contributed by atoms with E-state index >= 15 is 0 Å². The van der Waals surface area contributed by atoms with Gasteiger partial charge in [-0.3, -0.25) is 9.59 Å². The zero-order valence-electron chi connectivity index (χ0n) is 18.4. The Bertz CT molecular complexity index is 1030. The van der Waals surface area contributed by atoms with Crippen LogP contribution in [0.2, 0.25) is 0 Å². The highest BCUT2D eigenvalue weighted by atomic mass is 19.1. The van der Waals surface area contributed by atoms with Gasteiger partial charge in [0.15, 0.2) is 5.78 Å². The van der Waals surface area contributed by atoms with Gasteiger partial charge in [0.05, 0.1) is 6.61 Å². The van der Waals surface area contributed by atoms with Crippen LogP contribution in [0.15, 0.2) is 66.9 Å². The molecule has 0 aliphatic heterocycles. The summed E-state index contributed by atoms with van der Waals surface area (Å²) in [6.07, 6.45) is 2.74. The fourth-order valence-corrected chi connectivity index (χ4v) is 3.41. The molecule has 2 aromatic carbocycles. The second-order valence-corrected chi connectivity index (χ2v) is 7.43. The average Bonchev–Trinajstić information content (AvgIpc) is 2.84. The third-order valence-corrected chi connectivity index (χ3v) is 5.27. The lowest BCUT2D eigenvalue weighted by Crippen LogP contribution is -2.33. The van der Waals surface area contributed by atoms with E-state index in [1.54, 1.807) is 18.1 Å². The molecule has 1 aromatic heterocycles. The fourth-order valence-electron chi connectivity index (χ4n) is 3.41. The van der Waals surface area contributed by atoms with Gasteiger partial charge in [0.2, 0.25) is 11.9 Å². The van der Waals surface area contributed by atoms with Crippen LogP contribution in [0.25, 0.3) is 11.1 Å². The van der Waals surface area contributed by atoms with Crippen molar-refractivity contribution in [3.63, 3.8) is 0 Å². The lowest BCUT2D eigenvalue weighted by molar-refractivity contribution is -0.118. The summed E-state index contributed by atoms with van der Waals surface area (Å²) in [6.45, 7) is 2.82. The molecule has 6 heteroatoms. The standard InChI is InChI=1S/C26H27FN2O3/c1-3-26(31)29(16-17-32-2)23-12-10-21(11-13-23)20-6-8-22(9-7-20)24(30)14-4-19-5-15-25(27)28-18-19/h5-13,15,18H,3-4,14,16-17H2,1-2H3. The molecule has 3 rings (SSSR count). The van der Waals surface area contributed by atoms with Gasteiger partial charge in [0, 0.05) is 43.9 Å². The SMILES string of the molecule is CCC(=O)N(CCOC)c1ccc(-c2ccc(C(=O)CCc3ccc(F)nc3)cc2)cc1. The highest BCUT2D eigenvalue weighted by Crippen LogP contribution is 2.24. The van der Waals surface area contributed by atoms with Gasteiger partial charge < -0.3 is 9.64 Å². The number of aromatic nitrogens is 1. The number of carbonyl (C=O) groups is 2. The van der Waals surface area contributed by atoms with Crippen molar-refractivity contribution in [1.82, 2.24) is 4.98 Å². The molecule has 0 saturated carbocycles. The van der Waals surface area contributed by atoms with Crippen LogP contribution in [0.3, 0.4) is 0 Å². The Morgan fingerprint density at radius 1 is 0.969 bits per heavy atom. The molecule has 0 N–H and O–H groups in total. The van der Waals surface area contributed by atoms with Gasteiger partial charge in [-0.1, -0.05) is 49.4 Å². The smallest absolute Gasteiger partial charge is 0.226 e. The van der Waals surface area contributed by atoms with E-state index in [2.05, 4.69) is 4.98 Å². The summed E-state index contributed by atoms with van der Waals surface area (Å²) in [5.41, 5.74) is 4.29. The molecule has 0 saturated heterocycles. The van der Waals surface area contributed by atoms with Crippen molar-refractivity contribution in [2.45, 2.75) is 26.2 Å². The molecule has 1 amide bonds. The second-order valence-electron chi connectivity index (χ2n) is 7.43. The maximum absolute atomic E-state index is 12.9. The van der Waals surface area contributed by atoms with Crippen molar-refractivity contribution in [1.29, 1.82) is 0 Å². The molecule has 0 aliphatic rings. The Hall–Kier alpha value is -3.38. The lowest BCUT2D eigenvalue weighted by atomic mass is 9.99. The number of Topliss-reactive ketones (excluding diaryl/α,β-unsaturated/α-hetero) is 1. The van der Waals surface area contributed by atoms with Crippen LogP contribution in [-0.2, 0) is 16.0 Å². The van der Waals surface area contributed by atoms with Gasteiger partial charge in [-0.15, -0.1) is 0 Å². The first-order valence-corrected chi connectivity index (χ1v) is 10.6. The number of ether oxygens (including phenoxy) is 1. The van der Waals surface area contributed by atoms with Gasteiger partial charge in [-0.2, -0.15) is 4.39 Å². The summed E-state index contributed by atoms with van der Waals surface area (Å²) in [6, 6.07) is 18.2. The van der Waals surface area contributed by atoms with Crippen molar-refractivity contribution in [3.8, 4) is 11.1 Å². The Kier molecular flexibility index (Phi) is 8.22. The van der Waals surface area contributed by atoms with Crippen LogP contribution in [0.5, 0.6) is 0 Å². The predicted molar refractivity (Wildman–Crippen MR) is 123 cm³/mol. The molecule has 5 nitrogen and oxygen atoms in total. The molecule has 3 aromatic rings. The highest BCUT2D eigenvalue weighted by Gasteiger charge is 2.14. The Balaban J connectivity index is 1.65. The molecule has 0 aliphatic carbocycles. The molecule has 0 fully saturated rings. The summed E-state index contributed by atoms with van der Waals surface area (Å²) in [4.78, 5) is 30.1. The first-order valence-electron chi connectivity index (χ1n) is 10.6. The number of ketones is 1. The highest BCUT2D eigenvalue weighted by molar-refractivity contribution is 5.96. The number of benzene rings is 2. The normalized spacial score (nSPS) is 10.7. The molecule has 1 heterocycles.